The van der Waals surface area contributed by atoms with Crippen LogP contribution in [0.15, 0.2) is 0 Å². The first-order valence-corrected chi connectivity index (χ1v) is 4.16. The van der Waals surface area contributed by atoms with Crippen LogP contribution in [0.5, 0.6) is 0 Å². The molecule has 1 heteroatoms. The minimum atomic E-state index is 0.977. The van der Waals surface area contributed by atoms with Crippen LogP contribution < -0.4 is 0 Å². The van der Waals surface area contributed by atoms with Crippen LogP contribution in [0.2, 0.25) is 12.6 Å². The smallest absolute Gasteiger partial charge is 0.0775 e. The van der Waals surface area contributed by atoms with Gasteiger partial charge in [-0.1, -0.05) is 39.3 Å². The Morgan fingerprint density at radius 3 is 2.67 bits per heavy atom. The molecule has 51 valence electrons. The molecule has 1 radical (unpaired) electrons. The predicted molar refractivity (Wildman–Crippen MR) is 42.9 cm³/mol. The highest BCUT2D eigenvalue weighted by Gasteiger charge is 2.22. The average molecular weight is 123 g/mol. The summed E-state index contributed by atoms with van der Waals surface area (Å²) in [7, 11) is 2.45. The van der Waals surface area contributed by atoms with Crippen molar-refractivity contribution < 1.29 is 0 Å². The second kappa shape index (κ2) is 3.29. The number of hydrogen-bond donors (Lipinski definition) is 0. The number of rotatable bonds is 2. The van der Waals surface area contributed by atoms with Crippen LogP contribution in [0.25, 0.3) is 0 Å². The Kier molecular flexibility index (Phi) is 2.62. The van der Waals surface area contributed by atoms with E-state index in [0.717, 1.165) is 11.8 Å². The molecule has 0 amide bonds. The van der Waals surface area contributed by atoms with E-state index in [1.54, 1.807) is 0 Å². The fraction of sp³-hybridized carbons (Fsp3) is 1.00. The molecule has 1 rings (SSSR count). The summed E-state index contributed by atoms with van der Waals surface area (Å²) in [5, 5.41) is 0. The van der Waals surface area contributed by atoms with Gasteiger partial charge in [0.05, 0.1) is 0 Å². The molecule has 0 aromatic heterocycles. The van der Waals surface area contributed by atoms with Gasteiger partial charge in [0.15, 0.2) is 0 Å². The Morgan fingerprint density at radius 2 is 2.22 bits per heavy atom. The van der Waals surface area contributed by atoms with Gasteiger partial charge in [0, 0.05) is 0 Å². The Bertz CT molecular complexity index is 80.6. The molecule has 1 fully saturated rings. The predicted octanol–water partition coefficient (Wildman–Crippen LogP) is 2.59. The summed E-state index contributed by atoms with van der Waals surface area (Å²) in [6.07, 6.45) is 5.56. The molecule has 0 bridgehead atoms. The van der Waals surface area contributed by atoms with Gasteiger partial charge in [-0.05, 0) is 11.8 Å². The van der Waals surface area contributed by atoms with Gasteiger partial charge >= 0.3 is 0 Å². The summed E-state index contributed by atoms with van der Waals surface area (Å²) in [4.78, 5) is 0. The van der Waals surface area contributed by atoms with Crippen LogP contribution in [0.1, 0.15) is 26.7 Å². The van der Waals surface area contributed by atoms with Crippen LogP contribution in [-0.2, 0) is 0 Å². The van der Waals surface area contributed by atoms with E-state index in [2.05, 4.69) is 21.1 Å². The van der Waals surface area contributed by atoms with Crippen molar-refractivity contribution in [2.24, 2.45) is 11.8 Å². The summed E-state index contributed by atoms with van der Waals surface area (Å²) < 4.78 is 0. The van der Waals surface area contributed by atoms with E-state index in [9.17, 15) is 0 Å². The zero-order valence-corrected chi connectivity index (χ0v) is 6.56. The molecule has 2 unspecified atom stereocenters. The highest BCUT2D eigenvalue weighted by molar-refractivity contribution is 6.36. The van der Waals surface area contributed by atoms with E-state index in [0.29, 0.717) is 0 Å². The molecule has 0 saturated carbocycles. The molecule has 0 aromatic rings. The molecule has 1 saturated heterocycles. The second-order valence-corrected chi connectivity index (χ2v) is 3.29. The first-order valence-electron chi connectivity index (χ1n) is 4.16. The molecule has 0 spiro atoms. The van der Waals surface area contributed by atoms with Crippen molar-refractivity contribution >= 4 is 7.28 Å². The third kappa shape index (κ3) is 1.74. The van der Waals surface area contributed by atoms with E-state index >= 15 is 0 Å². The Balaban J connectivity index is 2.22. The van der Waals surface area contributed by atoms with Crippen molar-refractivity contribution in [1.29, 1.82) is 0 Å². The van der Waals surface area contributed by atoms with E-state index in [1.165, 1.54) is 25.5 Å². The molecule has 1 heterocycles. The lowest BCUT2D eigenvalue weighted by atomic mass is 9.75. The summed E-state index contributed by atoms with van der Waals surface area (Å²) in [5.41, 5.74) is 0. The van der Waals surface area contributed by atoms with Crippen LogP contribution in [0.4, 0.5) is 0 Å². The van der Waals surface area contributed by atoms with E-state index in [1.807, 2.05) is 0 Å². The molecule has 0 aromatic carbocycles. The first-order chi connectivity index (χ1) is 4.34. The Hall–Kier alpha value is 0.0649. The van der Waals surface area contributed by atoms with Gasteiger partial charge in [-0.3, -0.25) is 0 Å². The fourth-order valence-electron chi connectivity index (χ4n) is 1.77. The lowest BCUT2D eigenvalue weighted by Crippen LogP contribution is -2.01. The maximum absolute atomic E-state index is 2.45. The van der Waals surface area contributed by atoms with Gasteiger partial charge in [0.1, 0.15) is 7.28 Å². The zero-order chi connectivity index (χ0) is 6.69. The lowest BCUT2D eigenvalue weighted by Gasteiger charge is -2.13. The van der Waals surface area contributed by atoms with E-state index in [4.69, 9.17) is 0 Å². The van der Waals surface area contributed by atoms with E-state index < -0.39 is 0 Å². The van der Waals surface area contributed by atoms with Gasteiger partial charge in [0.2, 0.25) is 0 Å². The summed E-state index contributed by atoms with van der Waals surface area (Å²) in [6.45, 7) is 4.66. The minimum absolute atomic E-state index is 0.977. The molecular formula is C8H16B. The fourth-order valence-corrected chi connectivity index (χ4v) is 1.77. The maximum Gasteiger partial charge on any atom is 0.110 e. The van der Waals surface area contributed by atoms with Crippen molar-refractivity contribution in [1.82, 2.24) is 0 Å². The van der Waals surface area contributed by atoms with Gasteiger partial charge in [0.25, 0.3) is 0 Å². The standard InChI is InChI=1S/C8H16B/c1-3-4-8-6-9-5-7(8)2/h7-8H,3-6H2,1-2H3. The van der Waals surface area contributed by atoms with Crippen LogP contribution in [0.3, 0.4) is 0 Å². The molecule has 1 aliphatic heterocycles. The number of hydrogen-bond acceptors (Lipinski definition) is 0. The van der Waals surface area contributed by atoms with Gasteiger partial charge in [-0.25, -0.2) is 0 Å². The molecule has 1 aliphatic rings. The summed E-state index contributed by atoms with van der Waals surface area (Å²) in [5.74, 6) is 2.00. The van der Waals surface area contributed by atoms with Crippen molar-refractivity contribution in [3.63, 3.8) is 0 Å². The Labute approximate surface area is 59.3 Å². The third-order valence-corrected chi connectivity index (χ3v) is 2.47. The van der Waals surface area contributed by atoms with Crippen LogP contribution >= 0.6 is 0 Å². The quantitative estimate of drug-likeness (QED) is 0.495. The molecule has 9 heavy (non-hydrogen) atoms. The normalized spacial score (nSPS) is 34.4. The maximum atomic E-state index is 2.45. The highest BCUT2D eigenvalue weighted by atomic mass is 14.2. The van der Waals surface area contributed by atoms with E-state index in [-0.39, 0.29) is 0 Å². The average Bonchev–Trinajstić information content (AvgIpc) is 2.18. The van der Waals surface area contributed by atoms with Gasteiger partial charge < -0.3 is 0 Å². The monoisotopic (exact) mass is 123 g/mol. The van der Waals surface area contributed by atoms with Gasteiger partial charge in [-0.2, -0.15) is 0 Å². The molecule has 0 nitrogen and oxygen atoms in total. The molecule has 2 atom stereocenters. The van der Waals surface area contributed by atoms with Crippen LogP contribution in [-0.4, -0.2) is 7.28 Å². The van der Waals surface area contributed by atoms with Crippen LogP contribution in [0, 0.1) is 11.8 Å². The lowest BCUT2D eigenvalue weighted by molar-refractivity contribution is 0.412. The molecule has 0 aliphatic carbocycles. The molecular weight excluding hydrogens is 107 g/mol. The summed E-state index contributed by atoms with van der Waals surface area (Å²) in [6, 6.07) is 0. The Morgan fingerprint density at radius 1 is 1.44 bits per heavy atom. The highest BCUT2D eigenvalue weighted by Crippen LogP contribution is 2.31. The third-order valence-electron chi connectivity index (χ3n) is 2.47. The van der Waals surface area contributed by atoms with Crippen molar-refractivity contribution in [3.8, 4) is 0 Å². The topological polar surface area (TPSA) is 0 Å². The van der Waals surface area contributed by atoms with Crippen molar-refractivity contribution in [2.45, 2.75) is 39.3 Å². The first kappa shape index (κ1) is 7.18. The minimum Gasteiger partial charge on any atom is -0.0775 e. The zero-order valence-electron chi connectivity index (χ0n) is 6.56. The van der Waals surface area contributed by atoms with Crippen molar-refractivity contribution in [2.75, 3.05) is 0 Å². The summed E-state index contributed by atoms with van der Waals surface area (Å²) >= 11 is 0. The molecule has 0 N–H and O–H groups in total. The largest absolute Gasteiger partial charge is 0.110 e. The SMILES string of the molecule is CCCC1C[B]CC1C. The van der Waals surface area contributed by atoms with Gasteiger partial charge in [-0.15, -0.1) is 0 Å². The van der Waals surface area contributed by atoms with Crippen molar-refractivity contribution in [3.05, 3.63) is 0 Å². The second-order valence-electron chi connectivity index (χ2n) is 3.29.